The van der Waals surface area contributed by atoms with Crippen molar-refractivity contribution >= 4 is 23.6 Å². The van der Waals surface area contributed by atoms with Crippen LogP contribution in [0.15, 0.2) is 41.7 Å². The number of fused-ring (bicyclic) bond motifs is 5. The van der Waals surface area contributed by atoms with Gasteiger partial charge >= 0.3 is 12.1 Å². The molecule has 0 radical (unpaired) electrons. The minimum Gasteiger partial charge on any atom is -0.458 e. The van der Waals surface area contributed by atoms with Crippen LogP contribution in [0.3, 0.4) is 0 Å². The summed E-state index contributed by atoms with van der Waals surface area (Å²) in [5.41, 5.74) is -1.27. The number of ether oxygens (including phenoxy) is 6. The second-order valence-corrected chi connectivity index (χ2v) is 18.9. The number of carbonyl (C=O) groups is 3. The summed E-state index contributed by atoms with van der Waals surface area (Å²) < 4.78 is 54.4. The monoisotopic (exact) mass is 881 g/mol. The smallest absolute Gasteiger partial charge is 0.411 e. The van der Waals surface area contributed by atoms with Gasteiger partial charge < -0.3 is 43.3 Å². The molecule has 5 saturated heterocycles. The number of esters is 1. The van der Waals surface area contributed by atoms with Gasteiger partial charge in [-0.05, 0) is 85.3 Å². The van der Waals surface area contributed by atoms with E-state index >= 15 is 0 Å². The number of cyclic esters (lactones) is 1. The zero-order valence-corrected chi connectivity index (χ0v) is 38.1. The number of amides is 1. The molecule has 2 aromatic heterocycles. The average molecular weight is 882 g/mol. The molecular weight excluding hydrogens is 818 g/mol. The summed E-state index contributed by atoms with van der Waals surface area (Å²) in [6.45, 7) is 14.4. The molecule has 0 aromatic carbocycles. The molecule has 5 aliphatic heterocycles. The lowest BCUT2D eigenvalue weighted by atomic mass is 9.73. The van der Waals surface area contributed by atoms with Crippen LogP contribution in [0.5, 0.6) is 0 Å². The largest absolute Gasteiger partial charge is 0.458 e. The summed E-state index contributed by atoms with van der Waals surface area (Å²) in [5, 5.41) is 16.4. The van der Waals surface area contributed by atoms with E-state index in [9.17, 15) is 23.9 Å². The van der Waals surface area contributed by atoms with Crippen LogP contribution in [0, 0.1) is 35.5 Å². The van der Waals surface area contributed by atoms with Gasteiger partial charge in [-0.3, -0.25) is 14.5 Å². The Morgan fingerprint density at radius 1 is 1.05 bits per heavy atom. The normalized spacial score (nSPS) is 39.6. The highest BCUT2D eigenvalue weighted by Gasteiger charge is 2.61. The number of aromatic nitrogens is 2. The first kappa shape index (κ1) is 46.9. The summed E-state index contributed by atoms with van der Waals surface area (Å²) >= 11 is 0. The van der Waals surface area contributed by atoms with Crippen LogP contribution in [-0.2, 0) is 49.5 Å². The quantitative estimate of drug-likeness (QED) is 0.208. The van der Waals surface area contributed by atoms with Gasteiger partial charge in [0.25, 0.3) is 0 Å². The number of aliphatic hydroxyl groups excluding tert-OH is 1. The van der Waals surface area contributed by atoms with Gasteiger partial charge in [-0.15, -0.1) is 0 Å². The molecule has 0 spiro atoms. The van der Waals surface area contributed by atoms with Gasteiger partial charge in [0.2, 0.25) is 5.95 Å². The number of aliphatic hydroxyl groups is 1. The number of ketones is 1. The molecule has 16 nitrogen and oxygen atoms in total. The Kier molecular flexibility index (Phi) is 14.0. The van der Waals surface area contributed by atoms with Gasteiger partial charge in [0.1, 0.15) is 18.0 Å². The maximum absolute atomic E-state index is 14.9. The molecule has 2 aromatic rings. The van der Waals surface area contributed by atoms with Crippen molar-refractivity contribution in [1.82, 2.24) is 19.8 Å². The third-order valence-corrected chi connectivity index (χ3v) is 14.0. The van der Waals surface area contributed by atoms with Crippen molar-refractivity contribution in [2.75, 3.05) is 33.9 Å². The number of rotatable bonds is 8. The van der Waals surface area contributed by atoms with Crippen molar-refractivity contribution in [1.29, 1.82) is 0 Å². The molecule has 5 fully saturated rings. The zero-order chi connectivity index (χ0) is 45.5. The van der Waals surface area contributed by atoms with Gasteiger partial charge in [0.05, 0.1) is 78.3 Å². The van der Waals surface area contributed by atoms with Crippen LogP contribution < -0.4 is 0 Å². The standard InChI is InChI=1S/C46H64FN5O11/c1-11-35-46(8)39-26(4)36(53)24(2)19-45(7)40(62-43-37(54)34(51(9)10)18-25(3)60-43)27(5)38(28(6)42(55)61-35)57-21-29(22-58-45)33(20-52(39)44(56)63-46)50-59-23-30-14-12-16-32(49-30)31-15-13-17-48-41(31)47/h12-17,24-29,34-35,37-40,43,54H,11,18-23H2,1-10H3/b50-33-/t24-,25-,26+,27+,28-,29?,34+,35-,37-,38+,39+,40-,43+,45?,46?/m1/s1. The molecule has 6 bridgehead atoms. The van der Waals surface area contributed by atoms with E-state index in [1.54, 1.807) is 51.1 Å². The molecule has 1 N–H and O–H groups in total. The minimum atomic E-state index is -1.44. The second kappa shape index (κ2) is 18.8. The molecule has 17 heteroatoms. The first-order valence-electron chi connectivity index (χ1n) is 22.3. The Morgan fingerprint density at radius 3 is 2.52 bits per heavy atom. The highest BCUT2D eigenvalue weighted by molar-refractivity contribution is 5.92. The van der Waals surface area contributed by atoms with Crippen LogP contribution in [0.2, 0.25) is 0 Å². The van der Waals surface area contributed by atoms with Gasteiger partial charge in [0.15, 0.2) is 18.5 Å². The Bertz CT molecular complexity index is 2030. The molecule has 7 rings (SSSR count). The van der Waals surface area contributed by atoms with Gasteiger partial charge in [-0.25, -0.2) is 14.8 Å². The average Bonchev–Trinajstić information content (AvgIpc) is 3.52. The topological polar surface area (TPSA) is 181 Å². The molecule has 0 aliphatic carbocycles. The Labute approximate surface area is 369 Å². The van der Waals surface area contributed by atoms with Crippen molar-refractivity contribution in [3.05, 3.63) is 48.2 Å². The van der Waals surface area contributed by atoms with Crippen LogP contribution in [0.25, 0.3) is 11.3 Å². The van der Waals surface area contributed by atoms with Crippen molar-refractivity contribution in [3.8, 4) is 11.3 Å². The lowest BCUT2D eigenvalue weighted by Crippen LogP contribution is -2.61. The Morgan fingerprint density at radius 2 is 1.81 bits per heavy atom. The van der Waals surface area contributed by atoms with Crippen molar-refractivity contribution in [2.45, 2.75) is 141 Å². The SMILES string of the molecule is CC[C@H]1OC(=O)[C@H](C)[C@H]2OCC3COC(C)(C[C@@H](C)C(=O)[C@H](C)[C@@H]4N(C/C3=N/OCc3cccc(-c5cccnc5F)n3)C(=O)OC41C)[C@H](O[C@@H]1O[C@H](C)C[C@H](N(C)C)[C@H]1O)[C@H]2C. The van der Waals surface area contributed by atoms with E-state index in [1.807, 2.05) is 53.6 Å². The van der Waals surface area contributed by atoms with Gasteiger partial charge in [0, 0.05) is 35.9 Å². The number of hydrogen-bond acceptors (Lipinski definition) is 15. The maximum atomic E-state index is 14.9. The molecule has 7 heterocycles. The fourth-order valence-corrected chi connectivity index (χ4v) is 10.7. The molecule has 15 atom stereocenters. The third kappa shape index (κ3) is 9.23. The number of likely N-dealkylation sites (N-methyl/N-ethyl adjacent to an activating group) is 1. The number of nitrogens with zero attached hydrogens (tertiary/aromatic N) is 5. The fraction of sp³-hybridized carbons (Fsp3) is 0.696. The fourth-order valence-electron chi connectivity index (χ4n) is 10.7. The summed E-state index contributed by atoms with van der Waals surface area (Å²) in [6.07, 6.45) is -3.32. The number of Topliss-reactive ketones (excluding diaryl/α,β-unsaturated/α-hetero) is 1. The predicted octanol–water partition coefficient (Wildman–Crippen LogP) is 5.19. The lowest BCUT2D eigenvalue weighted by Gasteiger charge is -2.48. The Hall–Kier alpha value is -4.13. The Balaban J connectivity index is 1.35. The molecule has 63 heavy (non-hydrogen) atoms. The number of oxime groups is 1. The predicted molar refractivity (Wildman–Crippen MR) is 226 cm³/mol. The van der Waals surface area contributed by atoms with Crippen molar-refractivity contribution in [3.63, 3.8) is 0 Å². The first-order valence-corrected chi connectivity index (χ1v) is 22.3. The second-order valence-electron chi connectivity index (χ2n) is 18.9. The third-order valence-electron chi connectivity index (χ3n) is 14.0. The number of hydrogen-bond donors (Lipinski definition) is 1. The lowest BCUT2D eigenvalue weighted by molar-refractivity contribution is -0.302. The van der Waals surface area contributed by atoms with E-state index in [0.717, 1.165) is 0 Å². The van der Waals surface area contributed by atoms with Crippen molar-refractivity contribution < 1.29 is 57.1 Å². The van der Waals surface area contributed by atoms with Crippen LogP contribution >= 0.6 is 0 Å². The maximum Gasteiger partial charge on any atom is 0.411 e. The molecule has 5 aliphatic rings. The number of pyridine rings is 2. The number of halogens is 1. The number of carbonyl (C=O) groups excluding carboxylic acids is 3. The highest BCUT2D eigenvalue weighted by atomic mass is 19.1. The summed E-state index contributed by atoms with van der Waals surface area (Å²) in [5.74, 6) is -4.94. The molecule has 3 unspecified atom stereocenters. The summed E-state index contributed by atoms with van der Waals surface area (Å²) in [4.78, 5) is 61.4. The van der Waals surface area contributed by atoms with Gasteiger partial charge in [-0.2, -0.15) is 4.39 Å². The van der Waals surface area contributed by atoms with E-state index in [0.29, 0.717) is 23.5 Å². The molecule has 1 amide bonds. The zero-order valence-electron chi connectivity index (χ0n) is 38.1. The van der Waals surface area contributed by atoms with E-state index in [1.165, 1.54) is 11.1 Å². The van der Waals surface area contributed by atoms with E-state index in [2.05, 4.69) is 15.1 Å². The van der Waals surface area contributed by atoms with Gasteiger partial charge in [-0.1, -0.05) is 38.9 Å². The van der Waals surface area contributed by atoms with E-state index < -0.39 is 95.5 Å². The van der Waals surface area contributed by atoms with Crippen LogP contribution in [0.1, 0.15) is 80.3 Å². The van der Waals surface area contributed by atoms with Crippen LogP contribution in [-0.4, -0.2) is 142 Å². The van der Waals surface area contributed by atoms with E-state index in [-0.39, 0.29) is 62.7 Å². The molecule has 0 saturated carbocycles. The summed E-state index contributed by atoms with van der Waals surface area (Å²) in [6, 6.07) is 7.19. The molecular formula is C46H64FN5O11. The van der Waals surface area contributed by atoms with E-state index in [4.69, 9.17) is 33.3 Å². The first-order chi connectivity index (χ1) is 29.9. The minimum absolute atomic E-state index is 0.0139. The molecule has 346 valence electrons. The van der Waals surface area contributed by atoms with Crippen LogP contribution in [0.4, 0.5) is 9.18 Å². The van der Waals surface area contributed by atoms with Crippen molar-refractivity contribution in [2.24, 2.45) is 34.7 Å². The highest BCUT2D eigenvalue weighted by Crippen LogP contribution is 2.45. The summed E-state index contributed by atoms with van der Waals surface area (Å²) in [7, 11) is 3.80.